The number of hydrogen-bond donors (Lipinski definition) is 1. The van der Waals surface area contributed by atoms with Crippen molar-refractivity contribution in [1.82, 2.24) is 9.97 Å². The van der Waals surface area contributed by atoms with Crippen molar-refractivity contribution < 1.29 is 14.3 Å². The van der Waals surface area contributed by atoms with Gasteiger partial charge in [-0.1, -0.05) is 11.8 Å². The van der Waals surface area contributed by atoms with Gasteiger partial charge < -0.3 is 5.11 Å². The normalized spacial score (nSPS) is 10.3. The summed E-state index contributed by atoms with van der Waals surface area (Å²) in [5, 5.41) is 9.56. The Morgan fingerprint density at radius 2 is 2.00 bits per heavy atom. The first kappa shape index (κ1) is 12.5. The molecule has 0 aliphatic rings. The Kier molecular flexibility index (Phi) is 3.57. The molecule has 0 atom stereocenters. The predicted octanol–water partition coefficient (Wildman–Crippen LogP) is 2.70. The first-order valence-electron chi connectivity index (χ1n) is 5.02. The van der Waals surface area contributed by atoms with Gasteiger partial charge in [-0.25, -0.2) is 19.2 Å². The van der Waals surface area contributed by atoms with E-state index < -0.39 is 5.97 Å². The van der Waals surface area contributed by atoms with Crippen molar-refractivity contribution >= 4 is 17.7 Å². The summed E-state index contributed by atoms with van der Waals surface area (Å²) in [4.78, 5) is 19.2. The number of benzene rings is 1. The van der Waals surface area contributed by atoms with Crippen molar-refractivity contribution in [2.45, 2.75) is 5.16 Å². The Hall–Kier alpha value is -1.95. The Balaban J connectivity index is 2.59. The van der Waals surface area contributed by atoms with Gasteiger partial charge in [0.05, 0.1) is 5.69 Å². The van der Waals surface area contributed by atoms with Crippen LogP contribution in [0.25, 0.3) is 11.3 Å². The molecule has 0 fully saturated rings. The summed E-state index contributed by atoms with van der Waals surface area (Å²) in [5.41, 5.74) is 0.841. The van der Waals surface area contributed by atoms with E-state index in [-0.39, 0.29) is 11.4 Å². The number of nitrogens with zero attached hydrogens (tertiary/aromatic N) is 2. The molecule has 4 nitrogen and oxygen atoms in total. The fourth-order valence-electron chi connectivity index (χ4n) is 1.45. The quantitative estimate of drug-likeness (QED) is 0.682. The highest BCUT2D eigenvalue weighted by molar-refractivity contribution is 7.98. The standard InChI is InChI=1S/C12H9FN2O2S/c1-18-12-14-6-9(11(16)17)10(15-12)7-2-4-8(13)5-3-7/h2-6H,1H3,(H,16,17). The Bertz CT molecular complexity index is 587. The topological polar surface area (TPSA) is 63.1 Å². The molecular formula is C12H9FN2O2S. The zero-order chi connectivity index (χ0) is 13.1. The van der Waals surface area contributed by atoms with Crippen LogP contribution in [0.2, 0.25) is 0 Å². The SMILES string of the molecule is CSc1ncc(C(=O)O)c(-c2ccc(F)cc2)n1. The maximum atomic E-state index is 12.9. The molecule has 6 heteroatoms. The molecule has 0 bridgehead atoms. The first-order chi connectivity index (χ1) is 8.61. The molecule has 0 spiro atoms. The van der Waals surface area contributed by atoms with Gasteiger partial charge in [0.25, 0.3) is 0 Å². The zero-order valence-corrected chi connectivity index (χ0v) is 10.2. The first-order valence-corrected chi connectivity index (χ1v) is 6.24. The van der Waals surface area contributed by atoms with Gasteiger partial charge >= 0.3 is 5.97 Å². The van der Waals surface area contributed by atoms with Crippen molar-refractivity contribution in [3.8, 4) is 11.3 Å². The summed E-state index contributed by atoms with van der Waals surface area (Å²) in [6.07, 6.45) is 3.06. The molecule has 0 amide bonds. The average Bonchev–Trinajstić information content (AvgIpc) is 2.38. The van der Waals surface area contributed by atoms with Crippen LogP contribution in [0.3, 0.4) is 0 Å². The van der Waals surface area contributed by atoms with Gasteiger partial charge in [0.15, 0.2) is 5.16 Å². The van der Waals surface area contributed by atoms with Crippen LogP contribution in [0.15, 0.2) is 35.6 Å². The van der Waals surface area contributed by atoms with E-state index >= 15 is 0 Å². The number of carbonyl (C=O) groups is 1. The van der Waals surface area contributed by atoms with Crippen molar-refractivity contribution in [3.63, 3.8) is 0 Å². The monoisotopic (exact) mass is 264 g/mol. The fourth-order valence-corrected chi connectivity index (χ4v) is 1.79. The van der Waals surface area contributed by atoms with Gasteiger partial charge in [-0.05, 0) is 30.5 Å². The number of aromatic carboxylic acids is 1. The van der Waals surface area contributed by atoms with Crippen LogP contribution >= 0.6 is 11.8 Å². The Morgan fingerprint density at radius 1 is 1.33 bits per heavy atom. The minimum Gasteiger partial charge on any atom is -0.478 e. The number of aromatic nitrogens is 2. The fraction of sp³-hybridized carbons (Fsp3) is 0.0833. The molecule has 0 aliphatic heterocycles. The van der Waals surface area contributed by atoms with Gasteiger partial charge in [-0.2, -0.15) is 0 Å². The molecule has 0 aliphatic carbocycles. The van der Waals surface area contributed by atoms with Crippen LogP contribution in [0.4, 0.5) is 4.39 Å². The highest BCUT2D eigenvalue weighted by atomic mass is 32.2. The molecule has 2 aromatic rings. The minimum atomic E-state index is -1.11. The maximum absolute atomic E-state index is 12.9. The van der Waals surface area contributed by atoms with E-state index in [2.05, 4.69) is 9.97 Å². The lowest BCUT2D eigenvalue weighted by Crippen LogP contribution is -2.04. The van der Waals surface area contributed by atoms with E-state index in [1.165, 1.54) is 42.2 Å². The molecule has 18 heavy (non-hydrogen) atoms. The largest absolute Gasteiger partial charge is 0.478 e. The predicted molar refractivity (Wildman–Crippen MR) is 66.2 cm³/mol. The second-order valence-corrected chi connectivity index (χ2v) is 4.20. The average molecular weight is 264 g/mol. The highest BCUT2D eigenvalue weighted by Crippen LogP contribution is 2.23. The van der Waals surface area contributed by atoms with Gasteiger partial charge in [0.2, 0.25) is 0 Å². The zero-order valence-electron chi connectivity index (χ0n) is 9.42. The summed E-state index contributed by atoms with van der Waals surface area (Å²) in [6.45, 7) is 0. The van der Waals surface area contributed by atoms with Crippen molar-refractivity contribution in [2.24, 2.45) is 0 Å². The van der Waals surface area contributed by atoms with E-state index in [0.29, 0.717) is 16.4 Å². The highest BCUT2D eigenvalue weighted by Gasteiger charge is 2.15. The van der Waals surface area contributed by atoms with Crippen molar-refractivity contribution in [3.05, 3.63) is 41.8 Å². The molecule has 1 aromatic carbocycles. The Labute approximate surface area is 107 Å². The van der Waals surface area contributed by atoms with E-state index in [1.807, 2.05) is 0 Å². The third-order valence-corrected chi connectivity index (χ3v) is 2.86. The number of carboxylic acid groups (broad SMARTS) is 1. The van der Waals surface area contributed by atoms with Crippen molar-refractivity contribution in [2.75, 3.05) is 6.26 Å². The summed E-state index contributed by atoms with van der Waals surface area (Å²) < 4.78 is 12.9. The molecule has 2 rings (SSSR count). The van der Waals surface area contributed by atoms with E-state index in [4.69, 9.17) is 5.11 Å². The smallest absolute Gasteiger partial charge is 0.339 e. The molecule has 92 valence electrons. The molecule has 1 aromatic heterocycles. The second-order valence-electron chi connectivity index (χ2n) is 3.43. The number of rotatable bonds is 3. The van der Waals surface area contributed by atoms with Gasteiger partial charge in [0, 0.05) is 11.8 Å². The maximum Gasteiger partial charge on any atom is 0.339 e. The van der Waals surface area contributed by atoms with Crippen LogP contribution in [0.5, 0.6) is 0 Å². The number of hydrogen-bond acceptors (Lipinski definition) is 4. The van der Waals surface area contributed by atoms with E-state index in [1.54, 1.807) is 6.26 Å². The minimum absolute atomic E-state index is 0.000548. The van der Waals surface area contributed by atoms with Gasteiger partial charge in [-0.15, -0.1) is 0 Å². The van der Waals surface area contributed by atoms with Crippen LogP contribution in [0.1, 0.15) is 10.4 Å². The second kappa shape index (κ2) is 5.14. The van der Waals surface area contributed by atoms with Gasteiger partial charge in [0.1, 0.15) is 11.4 Å². The molecular weight excluding hydrogens is 255 g/mol. The lowest BCUT2D eigenvalue weighted by atomic mass is 10.1. The van der Waals surface area contributed by atoms with Crippen LogP contribution in [-0.2, 0) is 0 Å². The number of thioether (sulfide) groups is 1. The number of carboxylic acids is 1. The molecule has 0 saturated carbocycles. The molecule has 0 saturated heterocycles. The lowest BCUT2D eigenvalue weighted by molar-refractivity contribution is 0.0696. The molecule has 0 radical (unpaired) electrons. The van der Waals surface area contributed by atoms with Gasteiger partial charge in [-0.3, -0.25) is 0 Å². The third-order valence-electron chi connectivity index (χ3n) is 2.30. The van der Waals surface area contributed by atoms with Crippen LogP contribution in [-0.4, -0.2) is 27.3 Å². The number of halogens is 1. The molecule has 1 N–H and O–H groups in total. The summed E-state index contributed by atoms with van der Waals surface area (Å²) in [6, 6.07) is 5.52. The Morgan fingerprint density at radius 3 is 2.56 bits per heavy atom. The summed E-state index contributed by atoms with van der Waals surface area (Å²) in [5.74, 6) is -1.49. The molecule has 1 heterocycles. The lowest BCUT2D eigenvalue weighted by Gasteiger charge is -2.06. The summed E-state index contributed by atoms with van der Waals surface area (Å²) >= 11 is 1.31. The summed E-state index contributed by atoms with van der Waals surface area (Å²) in [7, 11) is 0. The van der Waals surface area contributed by atoms with Crippen molar-refractivity contribution in [1.29, 1.82) is 0 Å². The van der Waals surface area contributed by atoms with Crippen LogP contribution < -0.4 is 0 Å². The third kappa shape index (κ3) is 2.48. The van der Waals surface area contributed by atoms with E-state index in [0.717, 1.165) is 0 Å². The molecule has 0 unspecified atom stereocenters. The van der Waals surface area contributed by atoms with E-state index in [9.17, 15) is 9.18 Å². The van der Waals surface area contributed by atoms with Crippen LogP contribution in [0, 0.1) is 5.82 Å².